The summed E-state index contributed by atoms with van der Waals surface area (Å²) < 4.78 is 0. The highest BCUT2D eigenvalue weighted by Gasteiger charge is 2.24. The summed E-state index contributed by atoms with van der Waals surface area (Å²) in [5.74, 6) is 1.66. The highest BCUT2D eigenvalue weighted by atomic mass is 15.2. The molecule has 0 saturated carbocycles. The summed E-state index contributed by atoms with van der Waals surface area (Å²) in [6, 6.07) is 4.16. The summed E-state index contributed by atoms with van der Waals surface area (Å²) in [6.45, 7) is 7.02. The lowest BCUT2D eigenvalue weighted by Crippen LogP contribution is -2.21. The fraction of sp³-hybridized carbons (Fsp3) is 0.583. The van der Waals surface area contributed by atoms with Gasteiger partial charge in [0.25, 0.3) is 0 Å². The van der Waals surface area contributed by atoms with Gasteiger partial charge in [0.1, 0.15) is 0 Å². The molecule has 1 aromatic heterocycles. The molecule has 2 rings (SSSR count). The maximum absolute atomic E-state index is 4.16. The zero-order valence-electron chi connectivity index (χ0n) is 8.98. The van der Waals surface area contributed by atoms with Crippen molar-refractivity contribution in [1.29, 1.82) is 0 Å². The van der Waals surface area contributed by atoms with E-state index in [0.29, 0.717) is 0 Å². The van der Waals surface area contributed by atoms with Crippen molar-refractivity contribution in [3.05, 3.63) is 24.5 Å². The second kappa shape index (κ2) is 3.99. The number of nitrogens with zero attached hydrogens (tertiary/aromatic N) is 2. The van der Waals surface area contributed by atoms with Crippen LogP contribution < -0.4 is 4.90 Å². The van der Waals surface area contributed by atoms with E-state index in [9.17, 15) is 0 Å². The molecule has 0 amide bonds. The van der Waals surface area contributed by atoms with Crippen molar-refractivity contribution in [1.82, 2.24) is 4.98 Å². The second-order valence-corrected chi connectivity index (χ2v) is 4.45. The number of pyridine rings is 1. The van der Waals surface area contributed by atoms with Crippen molar-refractivity contribution >= 4 is 5.69 Å². The Balaban J connectivity index is 2.03. The smallest absolute Gasteiger partial charge is 0.0552 e. The lowest BCUT2D eigenvalue weighted by molar-refractivity contribution is 0.423. The van der Waals surface area contributed by atoms with Crippen LogP contribution >= 0.6 is 0 Å². The van der Waals surface area contributed by atoms with Gasteiger partial charge in [-0.05, 0) is 30.4 Å². The Morgan fingerprint density at radius 2 is 2.36 bits per heavy atom. The van der Waals surface area contributed by atoms with Crippen LogP contribution in [0.25, 0.3) is 0 Å². The van der Waals surface area contributed by atoms with Crippen LogP contribution in [0, 0.1) is 11.8 Å². The molecule has 1 atom stereocenters. The van der Waals surface area contributed by atoms with Crippen LogP contribution in [0.5, 0.6) is 0 Å². The molecule has 0 radical (unpaired) electrons. The minimum atomic E-state index is 0.802. The topological polar surface area (TPSA) is 16.1 Å². The summed E-state index contributed by atoms with van der Waals surface area (Å²) in [5.41, 5.74) is 1.27. The van der Waals surface area contributed by atoms with Crippen molar-refractivity contribution in [2.24, 2.45) is 11.8 Å². The predicted octanol–water partition coefficient (Wildman–Crippen LogP) is 2.56. The standard InChI is InChI=1S/C12H18N2/c1-10(2)11-5-7-14(9-11)12-4-3-6-13-8-12/h3-4,6,8,10-11H,5,7,9H2,1-2H3. The average molecular weight is 190 g/mol. The molecule has 0 spiro atoms. The molecule has 0 bridgehead atoms. The first-order chi connectivity index (χ1) is 6.77. The van der Waals surface area contributed by atoms with Gasteiger partial charge in [0.2, 0.25) is 0 Å². The van der Waals surface area contributed by atoms with Crippen LogP contribution in [0.2, 0.25) is 0 Å². The van der Waals surface area contributed by atoms with Gasteiger partial charge in [0.15, 0.2) is 0 Å². The Bertz CT molecular complexity index is 282. The molecule has 2 nitrogen and oxygen atoms in total. The maximum Gasteiger partial charge on any atom is 0.0552 e. The van der Waals surface area contributed by atoms with E-state index in [2.05, 4.69) is 29.8 Å². The molecule has 2 heteroatoms. The molecule has 0 N–H and O–H groups in total. The lowest BCUT2D eigenvalue weighted by atomic mass is 9.95. The number of anilines is 1. The first kappa shape index (κ1) is 9.50. The lowest BCUT2D eigenvalue weighted by Gasteiger charge is -2.19. The highest BCUT2D eigenvalue weighted by molar-refractivity contribution is 5.44. The Morgan fingerprint density at radius 1 is 1.50 bits per heavy atom. The third-order valence-electron chi connectivity index (χ3n) is 3.18. The van der Waals surface area contributed by atoms with Crippen molar-refractivity contribution in [2.45, 2.75) is 20.3 Å². The molecule has 1 aliphatic heterocycles. The van der Waals surface area contributed by atoms with Crippen LogP contribution in [0.4, 0.5) is 5.69 Å². The molecule has 0 aliphatic carbocycles. The van der Waals surface area contributed by atoms with Gasteiger partial charge in [-0.3, -0.25) is 4.98 Å². The quantitative estimate of drug-likeness (QED) is 0.712. The van der Waals surface area contributed by atoms with Gasteiger partial charge < -0.3 is 4.90 Å². The van der Waals surface area contributed by atoms with E-state index in [1.807, 2.05) is 18.5 Å². The summed E-state index contributed by atoms with van der Waals surface area (Å²) in [6.07, 6.45) is 5.12. The monoisotopic (exact) mass is 190 g/mol. The Kier molecular flexibility index (Phi) is 2.71. The van der Waals surface area contributed by atoms with Gasteiger partial charge in [-0.15, -0.1) is 0 Å². The molecule has 0 aromatic carbocycles. The summed E-state index contributed by atoms with van der Waals surface area (Å²) in [7, 11) is 0. The third kappa shape index (κ3) is 1.89. The zero-order chi connectivity index (χ0) is 9.97. The largest absolute Gasteiger partial charge is 0.370 e. The molecule has 2 heterocycles. The van der Waals surface area contributed by atoms with Gasteiger partial charge in [-0.2, -0.15) is 0 Å². The first-order valence-corrected chi connectivity index (χ1v) is 5.42. The van der Waals surface area contributed by atoms with E-state index in [0.717, 1.165) is 11.8 Å². The predicted molar refractivity (Wildman–Crippen MR) is 59.4 cm³/mol. The number of hydrogen-bond donors (Lipinski definition) is 0. The molecule has 1 aromatic rings. The molecule has 1 unspecified atom stereocenters. The minimum Gasteiger partial charge on any atom is -0.370 e. The number of rotatable bonds is 2. The van der Waals surface area contributed by atoms with Crippen molar-refractivity contribution < 1.29 is 0 Å². The Morgan fingerprint density at radius 3 is 2.93 bits per heavy atom. The second-order valence-electron chi connectivity index (χ2n) is 4.45. The van der Waals surface area contributed by atoms with E-state index < -0.39 is 0 Å². The normalized spacial score (nSPS) is 21.9. The molecule has 1 saturated heterocycles. The van der Waals surface area contributed by atoms with E-state index in [1.54, 1.807) is 0 Å². The molecular weight excluding hydrogens is 172 g/mol. The van der Waals surface area contributed by atoms with E-state index in [4.69, 9.17) is 0 Å². The van der Waals surface area contributed by atoms with Gasteiger partial charge in [0, 0.05) is 19.3 Å². The first-order valence-electron chi connectivity index (χ1n) is 5.42. The summed E-state index contributed by atoms with van der Waals surface area (Å²) in [5, 5.41) is 0. The van der Waals surface area contributed by atoms with Crippen molar-refractivity contribution in [3.63, 3.8) is 0 Å². The Hall–Kier alpha value is -1.05. The zero-order valence-corrected chi connectivity index (χ0v) is 8.98. The van der Waals surface area contributed by atoms with Crippen LogP contribution in [0.1, 0.15) is 20.3 Å². The fourth-order valence-electron chi connectivity index (χ4n) is 2.11. The van der Waals surface area contributed by atoms with Crippen LogP contribution in [0.3, 0.4) is 0 Å². The fourth-order valence-corrected chi connectivity index (χ4v) is 2.11. The van der Waals surface area contributed by atoms with Crippen molar-refractivity contribution in [2.75, 3.05) is 18.0 Å². The van der Waals surface area contributed by atoms with Gasteiger partial charge >= 0.3 is 0 Å². The molecule has 1 fully saturated rings. The molecule has 14 heavy (non-hydrogen) atoms. The minimum absolute atomic E-state index is 0.802. The van der Waals surface area contributed by atoms with Crippen molar-refractivity contribution in [3.8, 4) is 0 Å². The van der Waals surface area contributed by atoms with Gasteiger partial charge in [-0.1, -0.05) is 13.8 Å². The van der Waals surface area contributed by atoms with E-state index in [-0.39, 0.29) is 0 Å². The van der Waals surface area contributed by atoms with E-state index in [1.165, 1.54) is 25.2 Å². The van der Waals surface area contributed by atoms with E-state index >= 15 is 0 Å². The molecular formula is C12H18N2. The maximum atomic E-state index is 4.16. The third-order valence-corrected chi connectivity index (χ3v) is 3.18. The molecule has 76 valence electrons. The van der Waals surface area contributed by atoms with Gasteiger partial charge in [-0.25, -0.2) is 0 Å². The summed E-state index contributed by atoms with van der Waals surface area (Å²) >= 11 is 0. The number of hydrogen-bond acceptors (Lipinski definition) is 2. The summed E-state index contributed by atoms with van der Waals surface area (Å²) in [4.78, 5) is 6.60. The number of aromatic nitrogens is 1. The van der Waals surface area contributed by atoms with Crippen LogP contribution in [0.15, 0.2) is 24.5 Å². The van der Waals surface area contributed by atoms with Gasteiger partial charge in [0.05, 0.1) is 11.9 Å². The van der Waals surface area contributed by atoms with Crippen LogP contribution in [-0.4, -0.2) is 18.1 Å². The molecule has 1 aliphatic rings. The average Bonchev–Trinajstić information content (AvgIpc) is 2.68. The highest BCUT2D eigenvalue weighted by Crippen LogP contribution is 2.27. The Labute approximate surface area is 86.0 Å². The SMILES string of the molecule is CC(C)C1CCN(c2cccnc2)C1. The van der Waals surface area contributed by atoms with Crippen LogP contribution in [-0.2, 0) is 0 Å².